The van der Waals surface area contributed by atoms with Crippen LogP contribution < -0.4 is 10.1 Å². The molecule has 1 N–H and O–H groups in total. The number of amidine groups is 1. The third-order valence-electron chi connectivity index (χ3n) is 5.73. The highest BCUT2D eigenvalue weighted by molar-refractivity contribution is 7.90. The van der Waals surface area contributed by atoms with Gasteiger partial charge in [0.15, 0.2) is 5.84 Å². The van der Waals surface area contributed by atoms with Gasteiger partial charge in [-0.15, -0.1) is 4.40 Å². The smallest absolute Gasteiger partial charge is 0.343 e. The van der Waals surface area contributed by atoms with E-state index in [9.17, 15) is 13.2 Å². The third kappa shape index (κ3) is 5.03. The van der Waals surface area contributed by atoms with E-state index in [-0.39, 0.29) is 10.7 Å². The zero-order chi connectivity index (χ0) is 24.3. The molecule has 0 saturated carbocycles. The Kier molecular flexibility index (Phi) is 6.81. The van der Waals surface area contributed by atoms with Crippen LogP contribution in [0.15, 0.2) is 76.0 Å². The Bertz CT molecular complexity index is 1340. The Hall–Kier alpha value is -3.49. The van der Waals surface area contributed by atoms with Crippen LogP contribution in [0.5, 0.6) is 5.75 Å². The number of nitrogens with zero attached hydrogens (tertiary/aromatic N) is 2. The van der Waals surface area contributed by atoms with Crippen LogP contribution in [0, 0.1) is 6.92 Å². The Balaban J connectivity index is 1.64. The maximum absolute atomic E-state index is 12.7. The quantitative estimate of drug-likeness (QED) is 0.395. The summed E-state index contributed by atoms with van der Waals surface area (Å²) < 4.78 is 34.4. The maximum atomic E-state index is 12.7. The first-order valence-electron chi connectivity index (χ1n) is 11.2. The molecule has 4 rings (SSSR count). The molecule has 8 heteroatoms. The van der Waals surface area contributed by atoms with Gasteiger partial charge in [-0.25, -0.2) is 4.79 Å². The SMILES string of the molecule is CCN(CC)Cc1cc(NC2=NS(=O)(=O)c3ccccc32)ccc1OC(=O)c1ccc(C)cc1. The van der Waals surface area contributed by atoms with Crippen LogP contribution in [-0.4, -0.2) is 38.2 Å². The molecular formula is C26H27N3O4S. The van der Waals surface area contributed by atoms with Gasteiger partial charge >= 0.3 is 5.97 Å². The minimum Gasteiger partial charge on any atom is -0.423 e. The molecule has 1 aliphatic rings. The average molecular weight is 478 g/mol. The van der Waals surface area contributed by atoms with Gasteiger partial charge in [0.05, 0.1) is 5.56 Å². The van der Waals surface area contributed by atoms with Crippen LogP contribution in [0.2, 0.25) is 0 Å². The fourth-order valence-corrected chi connectivity index (χ4v) is 4.93. The minimum atomic E-state index is -3.72. The molecule has 0 atom stereocenters. The van der Waals surface area contributed by atoms with Gasteiger partial charge in [-0.3, -0.25) is 4.90 Å². The van der Waals surface area contributed by atoms with E-state index in [2.05, 4.69) is 28.5 Å². The molecule has 0 amide bonds. The van der Waals surface area contributed by atoms with E-state index in [0.717, 1.165) is 24.2 Å². The van der Waals surface area contributed by atoms with Gasteiger partial charge in [0, 0.05) is 23.4 Å². The Labute approximate surface area is 200 Å². The number of hydrogen-bond acceptors (Lipinski definition) is 6. The van der Waals surface area contributed by atoms with Crippen molar-refractivity contribution in [2.75, 3.05) is 18.4 Å². The number of carbonyl (C=O) groups is 1. The van der Waals surface area contributed by atoms with Crippen molar-refractivity contribution in [3.63, 3.8) is 0 Å². The number of fused-ring (bicyclic) bond motifs is 1. The van der Waals surface area contributed by atoms with Gasteiger partial charge in [0.2, 0.25) is 0 Å². The number of anilines is 1. The number of carbonyl (C=O) groups excluding carboxylic acids is 1. The van der Waals surface area contributed by atoms with Crippen LogP contribution in [0.25, 0.3) is 0 Å². The first kappa shape index (κ1) is 23.7. The fourth-order valence-electron chi connectivity index (χ4n) is 3.75. The normalized spacial score (nSPS) is 13.9. The van der Waals surface area contributed by atoms with Gasteiger partial charge in [-0.2, -0.15) is 8.42 Å². The summed E-state index contributed by atoms with van der Waals surface area (Å²) in [7, 11) is -3.72. The minimum absolute atomic E-state index is 0.185. The molecule has 0 unspecified atom stereocenters. The molecule has 0 radical (unpaired) electrons. The van der Waals surface area contributed by atoms with Gasteiger partial charge in [0.1, 0.15) is 10.6 Å². The number of sulfonamides is 1. The van der Waals surface area contributed by atoms with E-state index in [0.29, 0.717) is 29.1 Å². The van der Waals surface area contributed by atoms with Crippen LogP contribution >= 0.6 is 0 Å². The highest BCUT2D eigenvalue weighted by atomic mass is 32.2. The molecule has 1 heterocycles. The Morgan fingerprint density at radius 1 is 1.00 bits per heavy atom. The summed E-state index contributed by atoms with van der Waals surface area (Å²) in [6, 6.07) is 19.3. The first-order chi connectivity index (χ1) is 16.3. The number of nitrogens with one attached hydrogen (secondary N) is 1. The number of benzene rings is 3. The van der Waals surface area contributed by atoms with Crippen LogP contribution in [0.3, 0.4) is 0 Å². The number of hydrogen-bond donors (Lipinski definition) is 1. The zero-order valence-electron chi connectivity index (χ0n) is 19.4. The fraction of sp³-hybridized carbons (Fsp3) is 0.231. The monoisotopic (exact) mass is 477 g/mol. The number of rotatable bonds is 7. The highest BCUT2D eigenvalue weighted by Crippen LogP contribution is 2.29. The molecule has 3 aromatic rings. The van der Waals surface area contributed by atoms with Crippen LogP contribution in [-0.2, 0) is 16.6 Å². The molecule has 0 fully saturated rings. The second-order valence-electron chi connectivity index (χ2n) is 8.08. The lowest BCUT2D eigenvalue weighted by molar-refractivity contribution is 0.0731. The lowest BCUT2D eigenvalue weighted by Crippen LogP contribution is -2.23. The van der Waals surface area contributed by atoms with Crippen LogP contribution in [0.1, 0.15) is 40.9 Å². The first-order valence-corrected chi connectivity index (χ1v) is 12.6. The molecule has 7 nitrogen and oxygen atoms in total. The summed E-state index contributed by atoms with van der Waals surface area (Å²) in [5, 5.41) is 3.13. The molecule has 34 heavy (non-hydrogen) atoms. The van der Waals surface area contributed by atoms with E-state index in [1.54, 1.807) is 48.5 Å². The lowest BCUT2D eigenvalue weighted by Gasteiger charge is -2.21. The van der Waals surface area contributed by atoms with Crippen molar-refractivity contribution >= 4 is 27.5 Å². The van der Waals surface area contributed by atoms with E-state index in [4.69, 9.17) is 4.74 Å². The molecule has 0 saturated heterocycles. The predicted molar refractivity (Wildman–Crippen MR) is 133 cm³/mol. The number of esters is 1. The largest absolute Gasteiger partial charge is 0.423 e. The zero-order valence-corrected chi connectivity index (χ0v) is 20.2. The van der Waals surface area contributed by atoms with Gasteiger partial charge < -0.3 is 10.1 Å². The van der Waals surface area contributed by atoms with Crippen molar-refractivity contribution in [2.24, 2.45) is 4.40 Å². The Morgan fingerprint density at radius 3 is 2.41 bits per heavy atom. The summed E-state index contributed by atoms with van der Waals surface area (Å²) in [5.41, 5.74) is 3.53. The number of aryl methyl sites for hydroxylation is 1. The van der Waals surface area contributed by atoms with E-state index < -0.39 is 16.0 Å². The van der Waals surface area contributed by atoms with Gasteiger partial charge in [-0.05, 0) is 62.5 Å². The molecule has 0 aliphatic carbocycles. The maximum Gasteiger partial charge on any atom is 0.343 e. The second-order valence-corrected chi connectivity index (χ2v) is 9.65. The van der Waals surface area contributed by atoms with Crippen molar-refractivity contribution in [1.82, 2.24) is 4.90 Å². The molecule has 1 aliphatic heterocycles. The lowest BCUT2D eigenvalue weighted by atomic mass is 10.1. The summed E-state index contributed by atoms with van der Waals surface area (Å²) in [5.74, 6) is 0.305. The molecule has 0 bridgehead atoms. The standard InChI is InChI=1S/C26H27N3O4S/c1-4-29(5-2)17-20-16-21(27-25-22-8-6-7-9-24(22)34(31,32)28-25)14-15-23(20)33-26(30)19-12-10-18(3)11-13-19/h6-16H,4-5,17H2,1-3H3,(H,27,28). The van der Waals surface area contributed by atoms with Crippen molar-refractivity contribution in [2.45, 2.75) is 32.2 Å². The third-order valence-corrected chi connectivity index (χ3v) is 7.07. The second kappa shape index (κ2) is 9.79. The van der Waals surface area contributed by atoms with E-state index in [1.165, 1.54) is 0 Å². The molecule has 176 valence electrons. The van der Waals surface area contributed by atoms with E-state index in [1.807, 2.05) is 25.1 Å². The van der Waals surface area contributed by atoms with Gasteiger partial charge in [0.25, 0.3) is 10.0 Å². The highest BCUT2D eigenvalue weighted by Gasteiger charge is 2.28. The Morgan fingerprint density at radius 2 is 1.71 bits per heavy atom. The molecular weight excluding hydrogens is 450 g/mol. The summed E-state index contributed by atoms with van der Waals surface area (Å²) >= 11 is 0. The van der Waals surface area contributed by atoms with Crippen molar-refractivity contribution in [3.8, 4) is 5.75 Å². The molecule has 0 spiro atoms. The number of ether oxygens (including phenoxy) is 1. The van der Waals surface area contributed by atoms with Gasteiger partial charge in [-0.1, -0.05) is 43.7 Å². The van der Waals surface area contributed by atoms with Crippen LogP contribution in [0.4, 0.5) is 5.69 Å². The van der Waals surface area contributed by atoms with Crippen molar-refractivity contribution < 1.29 is 17.9 Å². The van der Waals surface area contributed by atoms with Crippen molar-refractivity contribution in [3.05, 3.63) is 89.0 Å². The van der Waals surface area contributed by atoms with Crippen molar-refractivity contribution in [1.29, 1.82) is 0 Å². The summed E-state index contributed by atoms with van der Waals surface area (Å²) in [6.45, 7) is 8.33. The molecule has 3 aromatic carbocycles. The van der Waals surface area contributed by atoms with E-state index >= 15 is 0 Å². The predicted octanol–water partition coefficient (Wildman–Crippen LogP) is 4.62. The molecule has 0 aromatic heterocycles. The topological polar surface area (TPSA) is 88.1 Å². The summed E-state index contributed by atoms with van der Waals surface area (Å²) in [4.78, 5) is 15.1. The average Bonchev–Trinajstić information content (AvgIpc) is 3.09. The summed E-state index contributed by atoms with van der Waals surface area (Å²) in [6.07, 6.45) is 0.